The minimum atomic E-state index is 0.0881. The first-order valence-corrected chi connectivity index (χ1v) is 6.33. The molecule has 2 rings (SSSR count). The highest BCUT2D eigenvalue weighted by atomic mass is 32.2. The molecule has 0 aliphatic carbocycles. The number of methoxy groups -OCH3 is 1. The average molecular weight is 252 g/mol. The number of hydrogen-bond donors (Lipinski definition) is 1. The molecular weight excluding hydrogens is 240 g/mol. The predicted octanol–water partition coefficient (Wildman–Crippen LogP) is 2.31. The Morgan fingerprint density at radius 2 is 2.29 bits per heavy atom. The van der Waals surface area contributed by atoms with E-state index in [0.29, 0.717) is 28.8 Å². The summed E-state index contributed by atoms with van der Waals surface area (Å²) in [6.45, 7) is 0. The average Bonchev–Trinajstić information content (AvgIpc) is 2.79. The summed E-state index contributed by atoms with van der Waals surface area (Å²) in [6.07, 6.45) is 1.96. The van der Waals surface area contributed by atoms with Gasteiger partial charge in [0.05, 0.1) is 18.4 Å². The summed E-state index contributed by atoms with van der Waals surface area (Å²) >= 11 is 1.60. The fourth-order valence-corrected chi connectivity index (χ4v) is 1.74. The molecule has 1 N–H and O–H groups in total. The van der Waals surface area contributed by atoms with Crippen LogP contribution in [0, 0.1) is 0 Å². The summed E-state index contributed by atoms with van der Waals surface area (Å²) in [4.78, 5) is 4.19. The highest BCUT2D eigenvalue weighted by Gasteiger charge is 2.13. The molecule has 0 spiro atoms. The van der Waals surface area contributed by atoms with Gasteiger partial charge in [-0.1, -0.05) is 5.16 Å². The van der Waals surface area contributed by atoms with Gasteiger partial charge in [-0.25, -0.2) is 0 Å². The van der Waals surface area contributed by atoms with Crippen LogP contribution in [0.25, 0.3) is 11.5 Å². The molecule has 2 aromatic rings. The van der Waals surface area contributed by atoms with E-state index in [-0.39, 0.29) is 5.75 Å². The van der Waals surface area contributed by atoms with Gasteiger partial charge in [0.1, 0.15) is 11.5 Å². The van der Waals surface area contributed by atoms with E-state index in [1.807, 2.05) is 6.26 Å². The van der Waals surface area contributed by atoms with Crippen molar-refractivity contribution in [2.45, 2.75) is 5.75 Å². The fraction of sp³-hybridized carbons (Fsp3) is 0.273. The van der Waals surface area contributed by atoms with Gasteiger partial charge in [0.25, 0.3) is 5.89 Å². The molecule has 6 heteroatoms. The Hall–Kier alpha value is -1.69. The molecule has 90 valence electrons. The molecule has 0 unspecified atom stereocenters. The van der Waals surface area contributed by atoms with Gasteiger partial charge in [0.2, 0.25) is 0 Å². The maximum Gasteiger partial charge on any atom is 0.261 e. The standard InChI is InChI=1S/C11H12N2O3S/c1-15-7-3-4-9(14)8(5-7)11-12-10(6-17-2)13-16-11/h3-5,14H,6H2,1-2H3. The van der Waals surface area contributed by atoms with Crippen LogP contribution in [0.5, 0.6) is 11.5 Å². The van der Waals surface area contributed by atoms with Gasteiger partial charge < -0.3 is 14.4 Å². The molecule has 1 aromatic heterocycles. The molecule has 0 aliphatic heterocycles. The van der Waals surface area contributed by atoms with Gasteiger partial charge in [-0.3, -0.25) is 0 Å². The Kier molecular flexibility index (Phi) is 3.53. The SMILES string of the molecule is COc1ccc(O)c(-c2nc(CSC)no2)c1. The fourth-order valence-electron chi connectivity index (χ4n) is 1.36. The van der Waals surface area contributed by atoms with Crippen LogP contribution in [-0.4, -0.2) is 28.6 Å². The Labute approximate surface area is 103 Å². The molecule has 1 aromatic carbocycles. The molecule has 0 radical (unpaired) electrons. The molecule has 0 saturated carbocycles. The second-order valence-corrected chi connectivity index (χ2v) is 4.20. The van der Waals surface area contributed by atoms with Crippen molar-refractivity contribution in [1.29, 1.82) is 0 Å². The number of rotatable bonds is 4. The zero-order valence-corrected chi connectivity index (χ0v) is 10.3. The van der Waals surface area contributed by atoms with Crippen LogP contribution in [0.4, 0.5) is 0 Å². The summed E-state index contributed by atoms with van der Waals surface area (Å²) in [5.74, 6) is 2.29. The van der Waals surface area contributed by atoms with E-state index in [9.17, 15) is 5.11 Å². The van der Waals surface area contributed by atoms with Crippen molar-refractivity contribution in [3.8, 4) is 23.0 Å². The maximum atomic E-state index is 9.73. The zero-order chi connectivity index (χ0) is 12.3. The van der Waals surface area contributed by atoms with Gasteiger partial charge in [-0.15, -0.1) is 0 Å². The topological polar surface area (TPSA) is 68.4 Å². The Morgan fingerprint density at radius 1 is 1.47 bits per heavy atom. The first-order valence-electron chi connectivity index (χ1n) is 4.93. The predicted molar refractivity (Wildman–Crippen MR) is 65.2 cm³/mol. The van der Waals surface area contributed by atoms with Crippen molar-refractivity contribution < 1.29 is 14.4 Å². The van der Waals surface area contributed by atoms with E-state index < -0.39 is 0 Å². The van der Waals surface area contributed by atoms with Crippen LogP contribution in [0.3, 0.4) is 0 Å². The third-order valence-corrected chi connectivity index (χ3v) is 2.72. The molecule has 1 heterocycles. The molecule has 0 bridgehead atoms. The molecule has 0 fully saturated rings. The molecule has 0 amide bonds. The number of aromatic nitrogens is 2. The zero-order valence-electron chi connectivity index (χ0n) is 9.51. The highest BCUT2D eigenvalue weighted by Crippen LogP contribution is 2.31. The summed E-state index contributed by atoms with van der Waals surface area (Å²) in [5.41, 5.74) is 0.476. The van der Waals surface area contributed by atoms with Crippen LogP contribution in [0.15, 0.2) is 22.7 Å². The van der Waals surface area contributed by atoms with E-state index in [1.165, 1.54) is 6.07 Å². The summed E-state index contributed by atoms with van der Waals surface area (Å²) in [7, 11) is 1.56. The van der Waals surface area contributed by atoms with Crippen LogP contribution < -0.4 is 4.74 Å². The van der Waals surface area contributed by atoms with E-state index in [1.54, 1.807) is 31.0 Å². The lowest BCUT2D eigenvalue weighted by Crippen LogP contribution is -1.86. The van der Waals surface area contributed by atoms with Gasteiger partial charge in [-0.05, 0) is 24.5 Å². The largest absolute Gasteiger partial charge is 0.507 e. The third-order valence-electron chi connectivity index (χ3n) is 2.18. The molecular formula is C11H12N2O3S. The quantitative estimate of drug-likeness (QED) is 0.900. The maximum absolute atomic E-state index is 9.73. The van der Waals surface area contributed by atoms with Crippen molar-refractivity contribution in [2.75, 3.05) is 13.4 Å². The van der Waals surface area contributed by atoms with E-state index >= 15 is 0 Å². The van der Waals surface area contributed by atoms with Gasteiger partial charge in [0, 0.05) is 0 Å². The first kappa shape index (κ1) is 11.8. The number of thioether (sulfide) groups is 1. The minimum Gasteiger partial charge on any atom is -0.507 e. The Morgan fingerprint density at radius 3 is 3.00 bits per heavy atom. The van der Waals surface area contributed by atoms with Crippen molar-refractivity contribution >= 4 is 11.8 Å². The van der Waals surface area contributed by atoms with Crippen molar-refractivity contribution in [1.82, 2.24) is 10.1 Å². The Balaban J connectivity index is 2.37. The van der Waals surface area contributed by atoms with Gasteiger partial charge in [0.15, 0.2) is 5.82 Å². The van der Waals surface area contributed by atoms with Crippen molar-refractivity contribution in [3.05, 3.63) is 24.0 Å². The van der Waals surface area contributed by atoms with Gasteiger partial charge in [-0.2, -0.15) is 16.7 Å². The molecule has 0 saturated heterocycles. The second kappa shape index (κ2) is 5.09. The Bertz CT molecular complexity index is 513. The van der Waals surface area contributed by atoms with E-state index in [4.69, 9.17) is 9.26 Å². The van der Waals surface area contributed by atoms with Gasteiger partial charge >= 0.3 is 0 Å². The van der Waals surface area contributed by atoms with Crippen LogP contribution in [-0.2, 0) is 5.75 Å². The molecule has 17 heavy (non-hydrogen) atoms. The lowest BCUT2D eigenvalue weighted by atomic mass is 10.2. The second-order valence-electron chi connectivity index (χ2n) is 3.33. The highest BCUT2D eigenvalue weighted by molar-refractivity contribution is 7.97. The number of phenolic OH excluding ortho intramolecular Hbond substituents is 1. The smallest absolute Gasteiger partial charge is 0.261 e. The summed E-state index contributed by atoms with van der Waals surface area (Å²) in [6, 6.07) is 4.86. The van der Waals surface area contributed by atoms with Crippen LogP contribution >= 0.6 is 11.8 Å². The molecule has 0 atom stereocenters. The van der Waals surface area contributed by atoms with Crippen LogP contribution in [0.1, 0.15) is 5.82 Å². The minimum absolute atomic E-state index is 0.0881. The number of aromatic hydroxyl groups is 1. The monoisotopic (exact) mass is 252 g/mol. The molecule has 0 aliphatic rings. The number of nitrogens with zero attached hydrogens (tertiary/aromatic N) is 2. The van der Waals surface area contributed by atoms with Crippen molar-refractivity contribution in [3.63, 3.8) is 0 Å². The summed E-state index contributed by atoms with van der Waals surface area (Å²) in [5, 5.41) is 13.6. The summed E-state index contributed by atoms with van der Waals surface area (Å²) < 4.78 is 10.2. The first-order chi connectivity index (χ1) is 8.24. The normalized spacial score (nSPS) is 10.5. The van der Waals surface area contributed by atoms with E-state index in [2.05, 4.69) is 10.1 Å². The number of phenols is 1. The number of hydrogen-bond acceptors (Lipinski definition) is 6. The van der Waals surface area contributed by atoms with Crippen molar-refractivity contribution in [2.24, 2.45) is 0 Å². The number of benzene rings is 1. The third kappa shape index (κ3) is 2.52. The molecule has 5 nitrogen and oxygen atoms in total. The van der Waals surface area contributed by atoms with Crippen LogP contribution in [0.2, 0.25) is 0 Å². The van der Waals surface area contributed by atoms with E-state index in [0.717, 1.165) is 0 Å². The lowest BCUT2D eigenvalue weighted by molar-refractivity contribution is 0.407. The number of ether oxygens (including phenoxy) is 1. The lowest BCUT2D eigenvalue weighted by Gasteiger charge is -2.02.